The van der Waals surface area contributed by atoms with E-state index in [0.717, 1.165) is 31.4 Å². The molecule has 2 amide bonds. The Balaban J connectivity index is 1.54. The average Bonchev–Trinajstić information content (AvgIpc) is 3.75. The first-order valence-electron chi connectivity index (χ1n) is 12.2. The SMILES string of the molecule is COc1cccc(C(=O)N2CCC(N(Cc3ccc(C#N)cc3)C3CC3)C[C@@H]2C(=O)NCCN)c1. The summed E-state index contributed by atoms with van der Waals surface area (Å²) in [6.45, 7) is 1.98. The highest BCUT2D eigenvalue weighted by atomic mass is 16.5. The number of likely N-dealkylation sites (tertiary alicyclic amines) is 1. The summed E-state index contributed by atoms with van der Waals surface area (Å²) in [5.41, 5.74) is 7.92. The van der Waals surface area contributed by atoms with Gasteiger partial charge in [-0.15, -0.1) is 0 Å². The van der Waals surface area contributed by atoms with Crippen LogP contribution in [0, 0.1) is 11.3 Å². The van der Waals surface area contributed by atoms with Gasteiger partial charge in [0.05, 0.1) is 18.7 Å². The summed E-state index contributed by atoms with van der Waals surface area (Å²) in [4.78, 5) is 30.8. The molecule has 8 heteroatoms. The number of methoxy groups -OCH3 is 1. The van der Waals surface area contributed by atoms with Crippen molar-refractivity contribution in [1.29, 1.82) is 5.26 Å². The van der Waals surface area contributed by atoms with Gasteiger partial charge in [-0.25, -0.2) is 0 Å². The van der Waals surface area contributed by atoms with E-state index in [2.05, 4.69) is 16.3 Å². The highest BCUT2D eigenvalue weighted by Crippen LogP contribution is 2.35. The number of carbonyl (C=O) groups excluding carboxylic acids is 2. The van der Waals surface area contributed by atoms with Crippen molar-refractivity contribution in [3.8, 4) is 11.8 Å². The summed E-state index contributed by atoms with van der Waals surface area (Å²) in [5, 5.41) is 12.0. The van der Waals surface area contributed by atoms with E-state index >= 15 is 0 Å². The molecule has 2 aromatic carbocycles. The molecule has 1 aliphatic carbocycles. The van der Waals surface area contributed by atoms with Gasteiger partial charge in [-0.3, -0.25) is 14.5 Å². The zero-order valence-electron chi connectivity index (χ0n) is 20.2. The Kier molecular flexibility index (Phi) is 8.01. The molecule has 3 N–H and O–H groups in total. The smallest absolute Gasteiger partial charge is 0.254 e. The van der Waals surface area contributed by atoms with E-state index in [-0.39, 0.29) is 17.9 Å². The zero-order valence-corrected chi connectivity index (χ0v) is 20.2. The summed E-state index contributed by atoms with van der Waals surface area (Å²) < 4.78 is 5.28. The molecule has 2 aliphatic rings. The minimum atomic E-state index is -0.568. The van der Waals surface area contributed by atoms with Crippen LogP contribution in [0.4, 0.5) is 0 Å². The number of nitrogens with two attached hydrogens (primary N) is 1. The lowest BCUT2D eigenvalue weighted by Crippen LogP contribution is -2.57. The Morgan fingerprint density at radius 2 is 1.94 bits per heavy atom. The molecule has 1 aliphatic heterocycles. The number of nitriles is 1. The van der Waals surface area contributed by atoms with E-state index in [4.69, 9.17) is 15.7 Å². The molecule has 4 rings (SSSR count). The number of nitrogens with zero attached hydrogens (tertiary/aromatic N) is 3. The highest BCUT2D eigenvalue weighted by molar-refractivity contribution is 5.98. The fraction of sp³-hybridized carbons (Fsp3) is 0.444. The number of amides is 2. The fourth-order valence-electron chi connectivity index (χ4n) is 4.83. The van der Waals surface area contributed by atoms with Crippen LogP contribution in [0.1, 0.15) is 47.2 Å². The molecule has 2 aromatic rings. The topological polar surface area (TPSA) is 112 Å². The van der Waals surface area contributed by atoms with Crippen molar-refractivity contribution in [2.45, 2.75) is 50.4 Å². The average molecular weight is 476 g/mol. The predicted octanol–water partition coefficient (Wildman–Crippen LogP) is 2.28. The molecule has 1 saturated carbocycles. The molecular formula is C27H33N5O3. The Bertz CT molecular complexity index is 1080. The van der Waals surface area contributed by atoms with Crippen LogP contribution < -0.4 is 15.8 Å². The summed E-state index contributed by atoms with van der Waals surface area (Å²) >= 11 is 0. The van der Waals surface area contributed by atoms with E-state index in [1.54, 1.807) is 36.3 Å². The minimum Gasteiger partial charge on any atom is -0.497 e. The Morgan fingerprint density at radius 1 is 1.17 bits per heavy atom. The van der Waals surface area contributed by atoms with E-state index in [0.29, 0.717) is 49.0 Å². The van der Waals surface area contributed by atoms with Crippen molar-refractivity contribution in [2.75, 3.05) is 26.7 Å². The third-order valence-corrected chi connectivity index (χ3v) is 6.83. The van der Waals surface area contributed by atoms with E-state index < -0.39 is 6.04 Å². The predicted molar refractivity (Wildman–Crippen MR) is 133 cm³/mol. The van der Waals surface area contributed by atoms with Gasteiger partial charge in [0, 0.05) is 43.8 Å². The maximum Gasteiger partial charge on any atom is 0.254 e. The van der Waals surface area contributed by atoms with Crippen LogP contribution in [-0.4, -0.2) is 66.5 Å². The van der Waals surface area contributed by atoms with Gasteiger partial charge in [0.2, 0.25) is 5.91 Å². The standard InChI is InChI=1S/C27H33N5O3/c1-35-24-4-2-3-21(15-24)27(34)31-14-11-23(16-25(31)26(33)30-13-12-28)32(22-9-10-22)18-20-7-5-19(17-29)6-8-20/h2-8,15,22-23,25H,9-14,16,18,28H2,1H3,(H,30,33)/t23?,25-/m1/s1. The zero-order chi connectivity index (χ0) is 24.8. The molecular weight excluding hydrogens is 442 g/mol. The molecule has 0 aromatic heterocycles. The molecule has 8 nitrogen and oxygen atoms in total. The number of rotatable bonds is 9. The maximum atomic E-state index is 13.5. The van der Waals surface area contributed by atoms with Crippen molar-refractivity contribution in [3.05, 3.63) is 65.2 Å². The second-order valence-corrected chi connectivity index (χ2v) is 9.22. The first-order chi connectivity index (χ1) is 17.0. The Hall–Kier alpha value is -3.41. The molecule has 184 valence electrons. The van der Waals surface area contributed by atoms with Crippen LogP contribution in [0.3, 0.4) is 0 Å². The van der Waals surface area contributed by atoms with Gasteiger partial charge in [-0.05, 0) is 61.6 Å². The number of nitrogens with one attached hydrogen (secondary N) is 1. The molecule has 0 radical (unpaired) electrons. The summed E-state index contributed by atoms with van der Waals surface area (Å²) in [6.07, 6.45) is 3.65. The summed E-state index contributed by atoms with van der Waals surface area (Å²) in [6, 6.07) is 17.0. The van der Waals surface area contributed by atoms with Gasteiger partial charge in [0.15, 0.2) is 0 Å². The molecule has 1 saturated heterocycles. The van der Waals surface area contributed by atoms with Crippen LogP contribution in [0.5, 0.6) is 5.75 Å². The lowest BCUT2D eigenvalue weighted by atomic mass is 9.93. The van der Waals surface area contributed by atoms with Crippen LogP contribution in [0.2, 0.25) is 0 Å². The number of piperidine rings is 1. The quantitative estimate of drug-likeness (QED) is 0.576. The largest absolute Gasteiger partial charge is 0.497 e. The van der Waals surface area contributed by atoms with Gasteiger partial charge in [-0.1, -0.05) is 18.2 Å². The molecule has 1 heterocycles. The molecule has 1 unspecified atom stereocenters. The monoisotopic (exact) mass is 475 g/mol. The van der Waals surface area contributed by atoms with Crippen LogP contribution in [0.25, 0.3) is 0 Å². The number of ether oxygens (including phenoxy) is 1. The minimum absolute atomic E-state index is 0.162. The number of hydrogen-bond acceptors (Lipinski definition) is 6. The molecule has 2 atom stereocenters. The molecule has 0 bridgehead atoms. The van der Waals surface area contributed by atoms with Crippen molar-refractivity contribution in [3.63, 3.8) is 0 Å². The number of carbonyl (C=O) groups is 2. The van der Waals surface area contributed by atoms with Crippen LogP contribution in [-0.2, 0) is 11.3 Å². The fourth-order valence-corrected chi connectivity index (χ4v) is 4.83. The lowest BCUT2D eigenvalue weighted by Gasteiger charge is -2.43. The first kappa shape index (κ1) is 24.7. The second kappa shape index (κ2) is 11.3. The third-order valence-electron chi connectivity index (χ3n) is 6.83. The van der Waals surface area contributed by atoms with Crippen molar-refractivity contribution < 1.29 is 14.3 Å². The summed E-state index contributed by atoms with van der Waals surface area (Å²) in [7, 11) is 1.57. The van der Waals surface area contributed by atoms with E-state index in [1.165, 1.54) is 0 Å². The molecule has 0 spiro atoms. The van der Waals surface area contributed by atoms with Gasteiger partial charge < -0.3 is 20.7 Å². The van der Waals surface area contributed by atoms with Crippen molar-refractivity contribution >= 4 is 11.8 Å². The Morgan fingerprint density at radius 3 is 2.60 bits per heavy atom. The molecule has 2 fully saturated rings. The maximum absolute atomic E-state index is 13.5. The molecule has 35 heavy (non-hydrogen) atoms. The van der Waals surface area contributed by atoms with Crippen molar-refractivity contribution in [1.82, 2.24) is 15.1 Å². The summed E-state index contributed by atoms with van der Waals surface area (Å²) in [5.74, 6) is 0.281. The van der Waals surface area contributed by atoms with Crippen LogP contribution in [0.15, 0.2) is 48.5 Å². The third kappa shape index (κ3) is 5.99. The van der Waals surface area contributed by atoms with Gasteiger partial charge in [0.25, 0.3) is 5.91 Å². The highest BCUT2D eigenvalue weighted by Gasteiger charge is 2.42. The van der Waals surface area contributed by atoms with Crippen LogP contribution >= 0.6 is 0 Å². The van der Waals surface area contributed by atoms with Crippen molar-refractivity contribution in [2.24, 2.45) is 5.73 Å². The number of benzene rings is 2. The van der Waals surface area contributed by atoms with E-state index in [9.17, 15) is 9.59 Å². The Labute approximate surface area is 206 Å². The second-order valence-electron chi connectivity index (χ2n) is 9.22. The van der Waals surface area contributed by atoms with Gasteiger partial charge in [-0.2, -0.15) is 5.26 Å². The van der Waals surface area contributed by atoms with E-state index in [1.807, 2.05) is 24.3 Å². The lowest BCUT2D eigenvalue weighted by molar-refractivity contribution is -0.127. The normalized spacial score (nSPS) is 19.8. The first-order valence-corrected chi connectivity index (χ1v) is 12.2. The number of hydrogen-bond donors (Lipinski definition) is 2. The van der Waals surface area contributed by atoms with Gasteiger partial charge in [0.1, 0.15) is 11.8 Å². The van der Waals surface area contributed by atoms with Gasteiger partial charge >= 0.3 is 0 Å².